The average molecular weight is 615 g/mol. The van der Waals surface area contributed by atoms with Crippen molar-refractivity contribution in [1.29, 1.82) is 0 Å². The summed E-state index contributed by atoms with van der Waals surface area (Å²) in [5.41, 5.74) is 0.289. The van der Waals surface area contributed by atoms with Crippen LogP contribution in [-0.2, 0) is 20.6 Å². The van der Waals surface area contributed by atoms with E-state index in [1.165, 1.54) is 56.3 Å². The fourth-order valence-corrected chi connectivity index (χ4v) is 6.51. The van der Waals surface area contributed by atoms with Crippen LogP contribution in [0.25, 0.3) is 0 Å². The van der Waals surface area contributed by atoms with Crippen molar-refractivity contribution < 1.29 is 27.6 Å². The summed E-state index contributed by atoms with van der Waals surface area (Å²) < 4.78 is 38.8. The molecular weight excluding hydrogens is 589 g/mol. The molecule has 0 radical (unpaired) electrons. The molecule has 3 aromatic rings. The first kappa shape index (κ1) is 30.4. The van der Waals surface area contributed by atoms with Gasteiger partial charge in [0.2, 0.25) is 5.91 Å². The number of methoxy groups -OCH3 is 2. The lowest BCUT2D eigenvalue weighted by atomic mass is 10.2. The Balaban J connectivity index is 1.81. The first-order chi connectivity index (χ1) is 18.6. The number of nitro benzene ring substituents is 1. The quantitative estimate of drug-likeness (QED) is 0.159. The van der Waals surface area contributed by atoms with E-state index >= 15 is 0 Å². The smallest absolute Gasteiger partial charge is 0.289 e. The second-order valence-corrected chi connectivity index (χ2v) is 11.7. The van der Waals surface area contributed by atoms with Gasteiger partial charge in [0.05, 0.1) is 24.8 Å². The van der Waals surface area contributed by atoms with Crippen LogP contribution in [0.1, 0.15) is 5.56 Å². The van der Waals surface area contributed by atoms with Gasteiger partial charge in [-0.05, 0) is 35.9 Å². The summed E-state index contributed by atoms with van der Waals surface area (Å²) in [7, 11) is -1.81. The van der Waals surface area contributed by atoms with Crippen LogP contribution in [0.3, 0.4) is 0 Å². The third kappa shape index (κ3) is 7.69. The second kappa shape index (κ2) is 13.7. The highest BCUT2D eigenvalue weighted by atomic mass is 35.5. The van der Waals surface area contributed by atoms with Gasteiger partial charge in [-0.2, -0.15) is 11.8 Å². The molecule has 0 saturated heterocycles. The van der Waals surface area contributed by atoms with Gasteiger partial charge in [0.25, 0.3) is 15.7 Å². The number of benzene rings is 3. The number of sulfonamides is 1. The monoisotopic (exact) mass is 613 g/mol. The maximum absolute atomic E-state index is 13.7. The van der Waals surface area contributed by atoms with Crippen molar-refractivity contribution in [3.63, 3.8) is 0 Å². The van der Waals surface area contributed by atoms with Crippen LogP contribution in [-0.4, -0.2) is 52.3 Å². The zero-order chi connectivity index (χ0) is 28.6. The number of rotatable bonds is 13. The minimum Gasteiger partial charge on any atom is -0.497 e. The lowest BCUT2D eigenvalue weighted by Gasteiger charge is -2.25. The largest absolute Gasteiger partial charge is 0.497 e. The number of nitrogens with zero attached hydrogens (tertiary/aromatic N) is 2. The standard InChI is InChI=1S/C25H25Cl2N3O7S2/c1-36-19-9-10-21(23(14-19)37-2)29(39(34,35)24-6-4-3-5-22(24)30(32)33)15-25(31)28-11-12-38-16-17-7-8-18(26)13-20(17)27/h3-10,13-14H,11-12,15-16H2,1-2H3,(H,28,31). The molecule has 208 valence electrons. The maximum Gasteiger partial charge on any atom is 0.289 e. The number of thioether (sulfide) groups is 1. The summed E-state index contributed by atoms with van der Waals surface area (Å²) in [6, 6.07) is 14.5. The fourth-order valence-electron chi connectivity index (χ4n) is 3.51. The molecule has 0 aliphatic rings. The number of hydrogen-bond donors (Lipinski definition) is 1. The molecule has 0 aliphatic carbocycles. The molecule has 3 aromatic carbocycles. The molecule has 0 aliphatic heterocycles. The van der Waals surface area contributed by atoms with E-state index in [0.29, 0.717) is 27.3 Å². The Bertz CT molecular complexity index is 1460. The zero-order valence-electron chi connectivity index (χ0n) is 20.9. The maximum atomic E-state index is 13.7. The number of hydrogen-bond acceptors (Lipinski definition) is 8. The third-order valence-corrected chi connectivity index (χ3v) is 8.82. The summed E-state index contributed by atoms with van der Waals surface area (Å²) in [6.45, 7) is -0.404. The van der Waals surface area contributed by atoms with Gasteiger partial charge in [-0.1, -0.05) is 41.4 Å². The van der Waals surface area contributed by atoms with E-state index in [2.05, 4.69) is 5.32 Å². The highest BCUT2D eigenvalue weighted by molar-refractivity contribution is 7.98. The minimum atomic E-state index is -4.58. The normalized spacial score (nSPS) is 11.1. The molecule has 0 unspecified atom stereocenters. The summed E-state index contributed by atoms with van der Waals surface area (Å²) in [5, 5.41) is 15.4. The molecule has 0 saturated carbocycles. The number of amides is 1. The van der Waals surface area contributed by atoms with E-state index in [4.69, 9.17) is 32.7 Å². The summed E-state index contributed by atoms with van der Waals surface area (Å²) >= 11 is 13.6. The molecule has 0 fully saturated rings. The molecule has 0 bridgehead atoms. The molecule has 0 heterocycles. The van der Waals surface area contributed by atoms with E-state index in [1.54, 1.807) is 12.1 Å². The van der Waals surface area contributed by atoms with Gasteiger partial charge in [-0.15, -0.1) is 0 Å². The lowest BCUT2D eigenvalue weighted by molar-refractivity contribution is -0.387. The number of carbonyl (C=O) groups is 1. The topological polar surface area (TPSA) is 128 Å². The third-order valence-electron chi connectivity index (χ3n) is 5.41. The molecule has 0 aromatic heterocycles. The lowest BCUT2D eigenvalue weighted by Crippen LogP contribution is -2.41. The van der Waals surface area contributed by atoms with Crippen LogP contribution in [0.5, 0.6) is 11.5 Å². The Morgan fingerprint density at radius 1 is 1.08 bits per heavy atom. The van der Waals surface area contributed by atoms with Crippen LogP contribution >= 0.6 is 35.0 Å². The number of halogens is 2. The Morgan fingerprint density at radius 2 is 1.82 bits per heavy atom. The number of nitro groups is 1. The van der Waals surface area contributed by atoms with Crippen molar-refractivity contribution >= 4 is 62.3 Å². The molecule has 39 heavy (non-hydrogen) atoms. The molecule has 1 N–H and O–H groups in total. The van der Waals surface area contributed by atoms with E-state index in [1.807, 2.05) is 6.07 Å². The highest BCUT2D eigenvalue weighted by Gasteiger charge is 2.34. The Morgan fingerprint density at radius 3 is 2.49 bits per heavy atom. The van der Waals surface area contributed by atoms with Crippen molar-refractivity contribution in [2.75, 3.05) is 37.4 Å². The summed E-state index contributed by atoms with van der Waals surface area (Å²) in [6.07, 6.45) is 0. The predicted octanol–water partition coefficient (Wildman–Crippen LogP) is 5.16. The van der Waals surface area contributed by atoms with E-state index in [-0.39, 0.29) is 18.0 Å². The molecule has 0 atom stereocenters. The van der Waals surface area contributed by atoms with Gasteiger partial charge in [-0.3, -0.25) is 19.2 Å². The minimum absolute atomic E-state index is 0.0124. The van der Waals surface area contributed by atoms with E-state index in [9.17, 15) is 23.3 Å². The number of nitrogens with one attached hydrogen (secondary N) is 1. The first-order valence-electron chi connectivity index (χ1n) is 11.3. The SMILES string of the molecule is COc1ccc(N(CC(=O)NCCSCc2ccc(Cl)cc2Cl)S(=O)(=O)c2ccccc2[N+](=O)[O-])c(OC)c1. The van der Waals surface area contributed by atoms with Gasteiger partial charge in [0, 0.05) is 40.2 Å². The molecule has 3 rings (SSSR count). The van der Waals surface area contributed by atoms with Gasteiger partial charge in [0.15, 0.2) is 4.90 Å². The summed E-state index contributed by atoms with van der Waals surface area (Å²) in [5.74, 6) is 0.987. The van der Waals surface area contributed by atoms with Crippen LogP contribution in [0.15, 0.2) is 65.6 Å². The molecule has 1 amide bonds. The van der Waals surface area contributed by atoms with Crippen LogP contribution < -0.4 is 19.1 Å². The van der Waals surface area contributed by atoms with Crippen molar-refractivity contribution in [3.8, 4) is 11.5 Å². The number of carbonyl (C=O) groups excluding carboxylic acids is 1. The van der Waals surface area contributed by atoms with Crippen molar-refractivity contribution in [3.05, 3.63) is 86.4 Å². The summed E-state index contributed by atoms with van der Waals surface area (Å²) in [4.78, 5) is 23.1. The number of ether oxygens (including phenoxy) is 2. The highest BCUT2D eigenvalue weighted by Crippen LogP contribution is 2.37. The van der Waals surface area contributed by atoms with Crippen molar-refractivity contribution in [2.24, 2.45) is 0 Å². The predicted molar refractivity (Wildman–Crippen MR) is 153 cm³/mol. The average Bonchev–Trinajstić information content (AvgIpc) is 2.92. The van der Waals surface area contributed by atoms with Gasteiger partial charge in [0.1, 0.15) is 18.0 Å². The number of anilines is 1. The van der Waals surface area contributed by atoms with Crippen LogP contribution in [0.4, 0.5) is 11.4 Å². The van der Waals surface area contributed by atoms with E-state index < -0.39 is 38.0 Å². The molecular formula is C25H25Cl2N3O7S2. The van der Waals surface area contributed by atoms with Gasteiger partial charge < -0.3 is 14.8 Å². The molecule has 14 heteroatoms. The Kier molecular flexibility index (Phi) is 10.7. The first-order valence-corrected chi connectivity index (χ1v) is 14.7. The molecule has 10 nitrogen and oxygen atoms in total. The number of para-hydroxylation sites is 1. The fraction of sp³-hybridized carbons (Fsp3) is 0.240. The second-order valence-electron chi connectivity index (χ2n) is 7.91. The van der Waals surface area contributed by atoms with Crippen molar-refractivity contribution in [2.45, 2.75) is 10.6 Å². The van der Waals surface area contributed by atoms with Crippen molar-refractivity contribution in [1.82, 2.24) is 5.32 Å². The van der Waals surface area contributed by atoms with Crippen LogP contribution in [0, 0.1) is 10.1 Å². The van der Waals surface area contributed by atoms with Crippen LogP contribution in [0.2, 0.25) is 10.0 Å². The molecule has 0 spiro atoms. The van der Waals surface area contributed by atoms with Gasteiger partial charge >= 0.3 is 0 Å². The Hall–Kier alpha value is -3.19. The Labute approximate surface area is 240 Å². The zero-order valence-corrected chi connectivity index (χ0v) is 24.1. The van der Waals surface area contributed by atoms with Gasteiger partial charge in [-0.25, -0.2) is 8.42 Å². The van der Waals surface area contributed by atoms with E-state index in [0.717, 1.165) is 22.0 Å².